The smallest absolute Gasteiger partial charge is 0.0267 e. The van der Waals surface area contributed by atoms with E-state index in [1.807, 2.05) is 68.4 Å². The number of rotatable bonds is 0. The van der Waals surface area contributed by atoms with Gasteiger partial charge in [-0.15, -0.1) is 0 Å². The van der Waals surface area contributed by atoms with Crippen LogP contribution in [0.1, 0.15) is 69.2 Å². The molecule has 2 rings (SSSR count). The average Bonchev–Trinajstić information content (AvgIpc) is 2.50. The second kappa shape index (κ2) is 17.7. The zero-order valence-corrected chi connectivity index (χ0v) is 17.8. The zero-order valence-electron chi connectivity index (χ0n) is 17.8. The average molecular weight is 332 g/mol. The van der Waals surface area contributed by atoms with E-state index >= 15 is 0 Å². The van der Waals surface area contributed by atoms with Gasteiger partial charge in [0.2, 0.25) is 0 Å². The lowest BCUT2D eigenvalue weighted by molar-refractivity contribution is 0.469. The van der Waals surface area contributed by atoms with E-state index in [1.54, 1.807) is 12.4 Å². The summed E-state index contributed by atoms with van der Waals surface area (Å²) in [7, 11) is 0. The summed E-state index contributed by atoms with van der Waals surface area (Å²) < 4.78 is 0. The molecule has 138 valence electrons. The van der Waals surface area contributed by atoms with Crippen LogP contribution in [-0.2, 0) is 0 Å². The van der Waals surface area contributed by atoms with Gasteiger partial charge in [0.15, 0.2) is 0 Å². The number of pyridine rings is 1. The first-order valence-corrected chi connectivity index (χ1v) is 8.85. The zero-order chi connectivity index (χ0) is 19.5. The van der Waals surface area contributed by atoms with Gasteiger partial charge in [-0.25, -0.2) is 0 Å². The monoisotopic (exact) mass is 331 g/mol. The molecule has 0 aliphatic rings. The van der Waals surface area contributed by atoms with Gasteiger partial charge in [0.05, 0.1) is 0 Å². The second-order valence-corrected chi connectivity index (χ2v) is 8.18. The molecule has 0 bridgehead atoms. The van der Waals surface area contributed by atoms with Crippen LogP contribution >= 0.6 is 0 Å². The number of benzene rings is 1. The van der Waals surface area contributed by atoms with E-state index in [0.717, 1.165) is 0 Å². The minimum atomic E-state index is 0.500. The molecule has 24 heavy (non-hydrogen) atoms. The molecule has 1 aromatic carbocycles. The quantitative estimate of drug-likeness (QED) is 0.478. The van der Waals surface area contributed by atoms with Crippen LogP contribution in [0.2, 0.25) is 0 Å². The highest BCUT2D eigenvalue weighted by Crippen LogP contribution is 2.08. The van der Waals surface area contributed by atoms with Gasteiger partial charge in [0.25, 0.3) is 0 Å². The Morgan fingerprint density at radius 1 is 0.417 bits per heavy atom. The lowest BCUT2D eigenvalue weighted by Crippen LogP contribution is -1.93. The van der Waals surface area contributed by atoms with E-state index in [0.29, 0.717) is 10.8 Å². The summed E-state index contributed by atoms with van der Waals surface area (Å²) in [4.78, 5) is 3.78. The molecule has 0 saturated carbocycles. The Hall–Kier alpha value is -1.63. The molecule has 0 fully saturated rings. The van der Waals surface area contributed by atoms with Gasteiger partial charge < -0.3 is 0 Å². The van der Waals surface area contributed by atoms with Crippen LogP contribution in [0.25, 0.3) is 0 Å². The highest BCUT2D eigenvalue weighted by molar-refractivity contribution is 4.99. The Morgan fingerprint density at radius 2 is 0.583 bits per heavy atom. The lowest BCUT2D eigenvalue weighted by Gasteiger charge is -2.05. The predicted octanol–water partition coefficient (Wildman–Crippen LogP) is 7.90. The highest BCUT2D eigenvalue weighted by atomic mass is 14.6. The fourth-order valence-electron chi connectivity index (χ4n) is 0.698. The number of hydrogen-bond acceptors (Lipinski definition) is 1. The molecule has 1 heterocycles. The minimum Gasteiger partial charge on any atom is -0.265 e. The van der Waals surface area contributed by atoms with Crippen molar-refractivity contribution in [2.75, 3.05) is 0 Å². The SMILES string of the molecule is CC.CC(C)(C)C.CC(C)(C)C.c1ccccc1.c1ccncc1. The normalized spacial score (nSPS) is 9.25. The standard InChI is InChI=1S/C6H6.C5H5N.2C5H12.C2H6/c2*1-2-4-6-5-3-1;2*1-5(2,3)4;1-2/h1-6H;1-5H;2*1-4H3;1-2H3. The summed E-state index contributed by atoms with van der Waals surface area (Å²) in [5.74, 6) is 0. The van der Waals surface area contributed by atoms with Crippen molar-refractivity contribution in [3.05, 3.63) is 67.0 Å². The molecular weight excluding hydrogens is 290 g/mol. The van der Waals surface area contributed by atoms with E-state index in [2.05, 4.69) is 60.4 Å². The molecule has 0 atom stereocenters. The maximum absolute atomic E-state index is 3.78. The summed E-state index contributed by atoms with van der Waals surface area (Å²) in [6, 6.07) is 17.7. The molecule has 1 nitrogen and oxygen atoms in total. The summed E-state index contributed by atoms with van der Waals surface area (Å²) in [6.45, 7) is 21.5. The Labute approximate surface area is 152 Å². The maximum Gasteiger partial charge on any atom is 0.0267 e. The van der Waals surface area contributed by atoms with Crippen molar-refractivity contribution >= 4 is 0 Å². The summed E-state index contributed by atoms with van der Waals surface area (Å²) in [6.07, 6.45) is 3.50. The van der Waals surface area contributed by atoms with E-state index in [-0.39, 0.29) is 0 Å². The first kappa shape index (κ1) is 27.2. The van der Waals surface area contributed by atoms with Crippen LogP contribution in [-0.4, -0.2) is 4.98 Å². The highest BCUT2D eigenvalue weighted by Gasteiger charge is 1.96. The Kier molecular flexibility index (Phi) is 20.1. The van der Waals surface area contributed by atoms with Crippen LogP contribution in [0.15, 0.2) is 67.0 Å². The predicted molar refractivity (Wildman–Crippen MR) is 112 cm³/mol. The third-order valence-corrected chi connectivity index (χ3v) is 1.23. The number of aromatic nitrogens is 1. The van der Waals surface area contributed by atoms with Gasteiger partial charge in [-0.2, -0.15) is 0 Å². The minimum absolute atomic E-state index is 0.500. The summed E-state index contributed by atoms with van der Waals surface area (Å²) in [5.41, 5.74) is 1.00. The molecule has 1 heteroatoms. The topological polar surface area (TPSA) is 12.9 Å². The van der Waals surface area contributed by atoms with Gasteiger partial charge in [-0.1, -0.05) is 112 Å². The first-order chi connectivity index (χ1) is 11.0. The maximum atomic E-state index is 3.78. The van der Waals surface area contributed by atoms with E-state index in [4.69, 9.17) is 0 Å². The van der Waals surface area contributed by atoms with Gasteiger partial charge in [-0.05, 0) is 23.0 Å². The van der Waals surface area contributed by atoms with Crippen molar-refractivity contribution in [3.8, 4) is 0 Å². The van der Waals surface area contributed by atoms with E-state index in [1.165, 1.54) is 0 Å². The Balaban J connectivity index is -0.000000238. The fourth-order valence-corrected chi connectivity index (χ4v) is 0.698. The summed E-state index contributed by atoms with van der Waals surface area (Å²) in [5, 5.41) is 0. The van der Waals surface area contributed by atoms with Crippen molar-refractivity contribution < 1.29 is 0 Å². The van der Waals surface area contributed by atoms with Gasteiger partial charge in [0.1, 0.15) is 0 Å². The number of hydrogen-bond donors (Lipinski definition) is 0. The van der Waals surface area contributed by atoms with Crippen LogP contribution < -0.4 is 0 Å². The summed E-state index contributed by atoms with van der Waals surface area (Å²) >= 11 is 0. The Bertz CT molecular complexity index is 298. The lowest BCUT2D eigenvalue weighted by atomic mass is 10.0. The van der Waals surface area contributed by atoms with E-state index in [9.17, 15) is 0 Å². The van der Waals surface area contributed by atoms with Crippen molar-refractivity contribution in [1.29, 1.82) is 0 Å². The van der Waals surface area contributed by atoms with Crippen molar-refractivity contribution in [2.24, 2.45) is 10.8 Å². The second-order valence-electron chi connectivity index (χ2n) is 8.18. The molecule has 0 N–H and O–H groups in total. The first-order valence-electron chi connectivity index (χ1n) is 8.85. The molecule has 0 radical (unpaired) electrons. The van der Waals surface area contributed by atoms with Gasteiger partial charge >= 0.3 is 0 Å². The van der Waals surface area contributed by atoms with Crippen molar-refractivity contribution in [2.45, 2.75) is 69.2 Å². The van der Waals surface area contributed by atoms with Crippen LogP contribution in [0.3, 0.4) is 0 Å². The van der Waals surface area contributed by atoms with Crippen molar-refractivity contribution in [1.82, 2.24) is 4.98 Å². The molecule has 0 amide bonds. The molecular formula is C23H41N. The molecule has 0 spiro atoms. The molecule has 0 aliphatic carbocycles. The molecule has 0 unspecified atom stereocenters. The molecule has 0 aliphatic heterocycles. The largest absolute Gasteiger partial charge is 0.265 e. The van der Waals surface area contributed by atoms with Crippen LogP contribution in [0.4, 0.5) is 0 Å². The van der Waals surface area contributed by atoms with Crippen LogP contribution in [0.5, 0.6) is 0 Å². The van der Waals surface area contributed by atoms with E-state index < -0.39 is 0 Å². The Morgan fingerprint density at radius 3 is 0.667 bits per heavy atom. The van der Waals surface area contributed by atoms with Crippen LogP contribution in [0, 0.1) is 10.8 Å². The molecule has 0 saturated heterocycles. The number of nitrogens with zero attached hydrogens (tertiary/aromatic N) is 1. The molecule has 1 aromatic heterocycles. The van der Waals surface area contributed by atoms with Gasteiger partial charge in [0, 0.05) is 12.4 Å². The third-order valence-electron chi connectivity index (χ3n) is 1.23. The fraction of sp³-hybridized carbons (Fsp3) is 0.522. The third kappa shape index (κ3) is 71.1. The molecule has 2 aromatic rings. The van der Waals surface area contributed by atoms with Gasteiger partial charge in [-0.3, -0.25) is 4.98 Å². The van der Waals surface area contributed by atoms with Crippen molar-refractivity contribution in [3.63, 3.8) is 0 Å².